The minimum absolute atomic E-state index is 0.109. The van der Waals surface area contributed by atoms with E-state index in [1.165, 1.54) is 12.1 Å². The van der Waals surface area contributed by atoms with Crippen molar-refractivity contribution in [2.75, 3.05) is 5.75 Å². The van der Waals surface area contributed by atoms with Crippen molar-refractivity contribution in [3.63, 3.8) is 0 Å². The number of unbranched alkanes of at least 4 members (excludes halogenated alkanes) is 2. The van der Waals surface area contributed by atoms with Crippen LogP contribution in [0.25, 0.3) is 0 Å². The fourth-order valence-corrected chi connectivity index (χ4v) is 3.25. The molecule has 1 aromatic rings. The molecule has 0 spiro atoms. The monoisotopic (exact) mass is 330 g/mol. The van der Waals surface area contributed by atoms with Crippen LogP contribution in [-0.2, 0) is 14.6 Å². The third-order valence-electron chi connectivity index (χ3n) is 2.90. The summed E-state index contributed by atoms with van der Waals surface area (Å²) in [5.74, 6) is -0.703. The molecular weight excluding hydrogens is 312 g/mol. The minimum Gasteiger partial charge on any atom is -0.481 e. The number of carboxylic acid groups (broad SMARTS) is 1. The van der Waals surface area contributed by atoms with Gasteiger partial charge >= 0.3 is 5.97 Å². The van der Waals surface area contributed by atoms with Gasteiger partial charge in [0.2, 0.25) is 0 Å². The van der Waals surface area contributed by atoms with Crippen molar-refractivity contribution in [3.05, 3.63) is 41.4 Å². The summed E-state index contributed by atoms with van der Waals surface area (Å²) in [4.78, 5) is 10.6. The Balaban J connectivity index is 2.28. The summed E-state index contributed by atoms with van der Waals surface area (Å²) >= 11 is 5.73. The molecule has 0 bridgehead atoms. The average Bonchev–Trinajstić information content (AvgIpc) is 2.42. The standard InChI is InChI=1S/C15H19ClO4S/c16-13-8-10-14(11-9-13)21(19,20)12-6-4-2-1-3-5-7-15(17)18/h1,3,8-11H,2,4-7,12H2,(H,17,18)/b3-1-. The van der Waals surface area contributed by atoms with E-state index in [2.05, 4.69) is 0 Å². The second kappa shape index (κ2) is 8.85. The van der Waals surface area contributed by atoms with Gasteiger partial charge in [-0.1, -0.05) is 23.8 Å². The number of aliphatic carboxylic acids is 1. The van der Waals surface area contributed by atoms with Crippen LogP contribution in [0.3, 0.4) is 0 Å². The van der Waals surface area contributed by atoms with E-state index in [4.69, 9.17) is 16.7 Å². The zero-order chi connectivity index (χ0) is 15.7. The van der Waals surface area contributed by atoms with Gasteiger partial charge in [0, 0.05) is 11.4 Å². The zero-order valence-corrected chi connectivity index (χ0v) is 13.2. The second-order valence-electron chi connectivity index (χ2n) is 4.67. The molecule has 0 amide bonds. The number of carbonyl (C=O) groups is 1. The van der Waals surface area contributed by atoms with E-state index in [0.29, 0.717) is 22.8 Å². The summed E-state index contributed by atoms with van der Waals surface area (Å²) in [6.07, 6.45) is 6.46. The zero-order valence-electron chi connectivity index (χ0n) is 11.7. The number of rotatable bonds is 9. The van der Waals surface area contributed by atoms with Crippen molar-refractivity contribution in [3.8, 4) is 0 Å². The van der Waals surface area contributed by atoms with E-state index < -0.39 is 15.8 Å². The molecule has 0 aromatic heterocycles. The maximum Gasteiger partial charge on any atom is 0.303 e. The lowest BCUT2D eigenvalue weighted by atomic mass is 10.2. The van der Waals surface area contributed by atoms with Gasteiger partial charge < -0.3 is 5.11 Å². The molecule has 116 valence electrons. The lowest BCUT2D eigenvalue weighted by Crippen LogP contribution is -2.06. The van der Waals surface area contributed by atoms with E-state index >= 15 is 0 Å². The third kappa shape index (κ3) is 7.29. The van der Waals surface area contributed by atoms with Gasteiger partial charge in [0.15, 0.2) is 9.84 Å². The SMILES string of the molecule is O=C(O)CC/C=C\CCCCS(=O)(=O)c1ccc(Cl)cc1. The van der Waals surface area contributed by atoms with Crippen LogP contribution in [0.5, 0.6) is 0 Å². The first-order chi connectivity index (χ1) is 9.92. The van der Waals surface area contributed by atoms with Crippen LogP contribution in [0.15, 0.2) is 41.3 Å². The normalized spacial score (nSPS) is 11.9. The Morgan fingerprint density at radius 2 is 1.71 bits per heavy atom. The minimum atomic E-state index is -3.25. The lowest BCUT2D eigenvalue weighted by molar-refractivity contribution is -0.136. The van der Waals surface area contributed by atoms with Gasteiger partial charge in [-0.25, -0.2) is 8.42 Å². The molecule has 0 aliphatic rings. The number of halogens is 1. The van der Waals surface area contributed by atoms with E-state index in [-0.39, 0.29) is 12.2 Å². The largest absolute Gasteiger partial charge is 0.481 e. The van der Waals surface area contributed by atoms with Crippen LogP contribution in [0.4, 0.5) is 0 Å². The van der Waals surface area contributed by atoms with Gasteiger partial charge in [0.05, 0.1) is 10.6 Å². The first kappa shape index (κ1) is 17.7. The van der Waals surface area contributed by atoms with Crippen LogP contribution >= 0.6 is 11.6 Å². The lowest BCUT2D eigenvalue weighted by Gasteiger charge is -2.03. The fourth-order valence-electron chi connectivity index (χ4n) is 1.76. The Morgan fingerprint density at radius 3 is 2.33 bits per heavy atom. The van der Waals surface area contributed by atoms with Crippen LogP contribution in [-0.4, -0.2) is 25.2 Å². The Kier molecular flexibility index (Phi) is 7.47. The Labute approximate surface area is 130 Å². The molecule has 1 rings (SSSR count). The highest BCUT2D eigenvalue weighted by Gasteiger charge is 2.13. The number of carboxylic acids is 1. The maximum atomic E-state index is 12.0. The number of sulfone groups is 1. The van der Waals surface area contributed by atoms with E-state index in [1.54, 1.807) is 12.1 Å². The van der Waals surface area contributed by atoms with Crippen molar-refractivity contribution >= 4 is 27.4 Å². The molecule has 0 aliphatic carbocycles. The summed E-state index contributed by atoms with van der Waals surface area (Å²) in [5.41, 5.74) is 0. The summed E-state index contributed by atoms with van der Waals surface area (Å²) in [6.45, 7) is 0. The van der Waals surface area contributed by atoms with Crippen LogP contribution in [0.2, 0.25) is 5.02 Å². The quantitative estimate of drug-likeness (QED) is 0.553. The Hall–Kier alpha value is -1.33. The van der Waals surface area contributed by atoms with E-state index in [1.807, 2.05) is 12.2 Å². The summed E-state index contributed by atoms with van der Waals surface area (Å²) in [5, 5.41) is 8.97. The van der Waals surface area contributed by atoms with Crippen LogP contribution < -0.4 is 0 Å². The molecule has 0 saturated heterocycles. The molecule has 21 heavy (non-hydrogen) atoms. The van der Waals surface area contributed by atoms with E-state index in [9.17, 15) is 13.2 Å². The highest BCUT2D eigenvalue weighted by molar-refractivity contribution is 7.91. The second-order valence-corrected chi connectivity index (χ2v) is 7.22. The molecule has 1 N–H and O–H groups in total. The fraction of sp³-hybridized carbons (Fsp3) is 0.400. The predicted octanol–water partition coefficient (Wildman–Crippen LogP) is 3.71. The summed E-state index contributed by atoms with van der Waals surface area (Å²) < 4.78 is 24.1. The van der Waals surface area contributed by atoms with Crippen LogP contribution in [0.1, 0.15) is 32.1 Å². The summed E-state index contributed by atoms with van der Waals surface area (Å²) in [7, 11) is -3.25. The number of allylic oxidation sites excluding steroid dienone is 2. The molecule has 4 nitrogen and oxygen atoms in total. The Bertz CT molecular complexity index is 576. The Morgan fingerprint density at radius 1 is 1.10 bits per heavy atom. The average molecular weight is 331 g/mol. The third-order valence-corrected chi connectivity index (χ3v) is 4.97. The van der Waals surface area contributed by atoms with Crippen molar-refractivity contribution in [2.45, 2.75) is 37.0 Å². The molecule has 0 aliphatic heterocycles. The number of hydrogen-bond acceptors (Lipinski definition) is 3. The first-order valence-corrected chi connectivity index (χ1v) is 8.80. The van der Waals surface area contributed by atoms with Crippen LogP contribution in [0, 0.1) is 0 Å². The van der Waals surface area contributed by atoms with Gasteiger partial charge in [-0.2, -0.15) is 0 Å². The predicted molar refractivity (Wildman–Crippen MR) is 83.4 cm³/mol. The number of hydrogen-bond donors (Lipinski definition) is 1. The van der Waals surface area contributed by atoms with Gasteiger partial charge in [0.25, 0.3) is 0 Å². The highest BCUT2D eigenvalue weighted by Crippen LogP contribution is 2.16. The topological polar surface area (TPSA) is 71.4 Å². The van der Waals surface area contributed by atoms with Gasteiger partial charge in [-0.3, -0.25) is 4.79 Å². The molecule has 0 unspecified atom stereocenters. The molecule has 0 fully saturated rings. The van der Waals surface area contributed by atoms with Crippen molar-refractivity contribution in [1.82, 2.24) is 0 Å². The molecule has 0 atom stereocenters. The van der Waals surface area contributed by atoms with E-state index in [0.717, 1.165) is 12.8 Å². The van der Waals surface area contributed by atoms with Crippen molar-refractivity contribution < 1.29 is 18.3 Å². The summed E-state index contributed by atoms with van der Waals surface area (Å²) in [6, 6.07) is 6.17. The molecule has 6 heteroatoms. The van der Waals surface area contributed by atoms with Gasteiger partial charge in [-0.05, 0) is 49.9 Å². The van der Waals surface area contributed by atoms with Crippen molar-refractivity contribution in [2.24, 2.45) is 0 Å². The highest BCUT2D eigenvalue weighted by atomic mass is 35.5. The van der Waals surface area contributed by atoms with Crippen molar-refractivity contribution in [1.29, 1.82) is 0 Å². The molecule has 0 saturated carbocycles. The molecule has 0 radical (unpaired) electrons. The molecule has 1 aromatic carbocycles. The molecular formula is C15H19ClO4S. The maximum absolute atomic E-state index is 12.0. The first-order valence-electron chi connectivity index (χ1n) is 6.77. The smallest absolute Gasteiger partial charge is 0.303 e. The van der Waals surface area contributed by atoms with Gasteiger partial charge in [-0.15, -0.1) is 0 Å². The molecule has 0 heterocycles. The number of benzene rings is 1. The van der Waals surface area contributed by atoms with Gasteiger partial charge in [0.1, 0.15) is 0 Å².